The van der Waals surface area contributed by atoms with Crippen molar-refractivity contribution in [3.63, 3.8) is 0 Å². The number of aromatic amines is 2. The number of pyridine rings is 1. The smallest absolute Gasteiger partial charge is 0.258 e. The number of H-pyrrole nitrogens is 2. The Labute approximate surface area is 135 Å². The molecule has 0 spiro atoms. The maximum Gasteiger partial charge on any atom is 0.258 e. The first-order valence-electron chi connectivity index (χ1n) is 7.43. The molecule has 0 amide bonds. The lowest BCUT2D eigenvalue weighted by Crippen LogP contribution is -2.13. The summed E-state index contributed by atoms with van der Waals surface area (Å²) in [7, 11) is 0. The van der Waals surface area contributed by atoms with Crippen molar-refractivity contribution in [1.29, 1.82) is 0 Å². The highest BCUT2D eigenvalue weighted by molar-refractivity contribution is 5.84. The van der Waals surface area contributed by atoms with Gasteiger partial charge in [-0.1, -0.05) is 24.3 Å². The predicted octanol–water partition coefficient (Wildman–Crippen LogP) is 2.34. The molecule has 2 heterocycles. The molecule has 2 N–H and O–H groups in total. The molecule has 0 radical (unpaired) electrons. The van der Waals surface area contributed by atoms with Crippen molar-refractivity contribution in [2.75, 3.05) is 0 Å². The van der Waals surface area contributed by atoms with Crippen LogP contribution in [0, 0.1) is 0 Å². The lowest BCUT2D eigenvalue weighted by molar-refractivity contribution is 0.299. The van der Waals surface area contributed by atoms with Gasteiger partial charge in [-0.05, 0) is 24.3 Å². The van der Waals surface area contributed by atoms with Crippen LogP contribution < -0.4 is 15.9 Å². The van der Waals surface area contributed by atoms with Gasteiger partial charge in [0, 0.05) is 11.5 Å². The Morgan fingerprint density at radius 3 is 2.71 bits per heavy atom. The molecule has 0 unspecified atom stereocenters. The lowest BCUT2D eigenvalue weighted by atomic mass is 10.2. The van der Waals surface area contributed by atoms with E-state index in [1.54, 1.807) is 30.3 Å². The molecule has 2 aromatic carbocycles. The molecule has 6 nitrogen and oxygen atoms in total. The number of para-hydroxylation sites is 2. The van der Waals surface area contributed by atoms with Gasteiger partial charge in [-0.2, -0.15) is 0 Å². The minimum absolute atomic E-state index is 0.0934. The second kappa shape index (κ2) is 5.66. The van der Waals surface area contributed by atoms with Gasteiger partial charge >= 0.3 is 0 Å². The fraction of sp³-hybridized carbons (Fsp3) is 0.0556. The summed E-state index contributed by atoms with van der Waals surface area (Å²) in [6.45, 7) is 0.0934. The average Bonchev–Trinajstić information content (AvgIpc) is 2.60. The second-order valence-electron chi connectivity index (χ2n) is 5.36. The lowest BCUT2D eigenvalue weighted by Gasteiger charge is -2.09. The third-order valence-electron chi connectivity index (χ3n) is 3.75. The summed E-state index contributed by atoms with van der Waals surface area (Å²) in [5, 5.41) is 1.41. The van der Waals surface area contributed by atoms with Gasteiger partial charge in [0.15, 0.2) is 0 Å². The summed E-state index contributed by atoms with van der Waals surface area (Å²) in [4.78, 5) is 33.5. The van der Waals surface area contributed by atoms with Crippen molar-refractivity contribution in [3.8, 4) is 5.75 Å². The zero-order valence-electron chi connectivity index (χ0n) is 12.6. The van der Waals surface area contributed by atoms with Crippen molar-refractivity contribution < 1.29 is 4.74 Å². The minimum atomic E-state index is -0.203. The number of hydrogen-bond acceptors (Lipinski definition) is 4. The van der Waals surface area contributed by atoms with E-state index in [2.05, 4.69) is 15.0 Å². The molecular weight excluding hydrogens is 306 g/mol. The van der Waals surface area contributed by atoms with Gasteiger partial charge in [-0.3, -0.25) is 9.59 Å². The van der Waals surface area contributed by atoms with E-state index >= 15 is 0 Å². The van der Waals surface area contributed by atoms with E-state index in [0.717, 1.165) is 5.39 Å². The molecule has 24 heavy (non-hydrogen) atoms. The van der Waals surface area contributed by atoms with E-state index < -0.39 is 0 Å². The van der Waals surface area contributed by atoms with Crippen molar-refractivity contribution in [3.05, 3.63) is 81.1 Å². The monoisotopic (exact) mass is 319 g/mol. The van der Waals surface area contributed by atoms with Gasteiger partial charge in [0.2, 0.25) is 5.56 Å². The second-order valence-corrected chi connectivity index (χ2v) is 5.36. The Balaban J connectivity index is 1.69. The highest BCUT2D eigenvalue weighted by Gasteiger charge is 2.06. The van der Waals surface area contributed by atoms with Gasteiger partial charge < -0.3 is 14.7 Å². The standard InChI is InChI=1S/C18H13N3O3/c22-16-9-8-11-4-3-7-14(17(11)21-16)24-10-15-19-13-6-2-1-5-12(13)18(23)20-15/h1-9H,10H2,(H,21,22)(H,19,20,23). The van der Waals surface area contributed by atoms with Gasteiger partial charge in [0.05, 0.1) is 16.4 Å². The van der Waals surface area contributed by atoms with Crippen LogP contribution in [0.2, 0.25) is 0 Å². The van der Waals surface area contributed by atoms with E-state index in [-0.39, 0.29) is 17.7 Å². The molecule has 0 aliphatic rings. The van der Waals surface area contributed by atoms with Crippen LogP contribution in [0.3, 0.4) is 0 Å². The Morgan fingerprint density at radius 1 is 0.917 bits per heavy atom. The summed E-state index contributed by atoms with van der Waals surface area (Å²) >= 11 is 0. The highest BCUT2D eigenvalue weighted by atomic mass is 16.5. The van der Waals surface area contributed by atoms with Crippen LogP contribution in [0.15, 0.2) is 64.2 Å². The third-order valence-corrected chi connectivity index (χ3v) is 3.75. The van der Waals surface area contributed by atoms with Gasteiger partial charge in [-0.25, -0.2) is 4.98 Å². The van der Waals surface area contributed by atoms with E-state index in [4.69, 9.17) is 4.74 Å². The highest BCUT2D eigenvalue weighted by Crippen LogP contribution is 2.22. The third kappa shape index (κ3) is 2.54. The van der Waals surface area contributed by atoms with Crippen LogP contribution in [0.4, 0.5) is 0 Å². The average molecular weight is 319 g/mol. The predicted molar refractivity (Wildman–Crippen MR) is 91.3 cm³/mol. The first-order chi connectivity index (χ1) is 11.7. The molecule has 4 aromatic rings. The molecular formula is C18H13N3O3. The molecule has 0 saturated heterocycles. The summed E-state index contributed by atoms with van der Waals surface area (Å²) in [6, 6.07) is 15.8. The first-order valence-corrected chi connectivity index (χ1v) is 7.43. The number of benzene rings is 2. The zero-order valence-corrected chi connectivity index (χ0v) is 12.6. The Bertz CT molecular complexity index is 1160. The van der Waals surface area contributed by atoms with E-state index in [9.17, 15) is 9.59 Å². The summed E-state index contributed by atoms with van der Waals surface area (Å²) < 4.78 is 5.76. The maximum atomic E-state index is 12.1. The number of hydrogen-bond donors (Lipinski definition) is 2. The Kier molecular flexibility index (Phi) is 3.35. The molecule has 0 bridgehead atoms. The molecule has 0 aliphatic heterocycles. The van der Waals surface area contributed by atoms with Crippen LogP contribution in [0.5, 0.6) is 5.75 Å². The first kappa shape index (κ1) is 14.2. The van der Waals surface area contributed by atoms with Gasteiger partial charge in [0.1, 0.15) is 18.2 Å². The van der Waals surface area contributed by atoms with E-state index in [0.29, 0.717) is 28.0 Å². The fourth-order valence-corrected chi connectivity index (χ4v) is 2.62. The summed E-state index contributed by atoms with van der Waals surface area (Å²) in [6.07, 6.45) is 0. The van der Waals surface area contributed by atoms with Gasteiger partial charge in [0.25, 0.3) is 5.56 Å². The number of aromatic nitrogens is 3. The number of ether oxygens (including phenoxy) is 1. The quantitative estimate of drug-likeness (QED) is 0.607. The largest absolute Gasteiger partial charge is 0.483 e. The summed E-state index contributed by atoms with van der Waals surface area (Å²) in [5.74, 6) is 0.954. The molecule has 2 aromatic heterocycles. The number of nitrogens with zero attached hydrogens (tertiary/aromatic N) is 1. The molecule has 4 rings (SSSR count). The molecule has 6 heteroatoms. The molecule has 0 fully saturated rings. The van der Waals surface area contributed by atoms with Crippen LogP contribution >= 0.6 is 0 Å². The molecule has 118 valence electrons. The van der Waals surface area contributed by atoms with E-state index in [1.807, 2.05) is 18.2 Å². The zero-order chi connectivity index (χ0) is 16.5. The van der Waals surface area contributed by atoms with Crippen molar-refractivity contribution >= 4 is 21.8 Å². The van der Waals surface area contributed by atoms with Crippen LogP contribution in [-0.4, -0.2) is 15.0 Å². The topological polar surface area (TPSA) is 87.8 Å². The number of nitrogens with one attached hydrogen (secondary N) is 2. The van der Waals surface area contributed by atoms with Crippen molar-refractivity contribution in [1.82, 2.24) is 15.0 Å². The maximum absolute atomic E-state index is 12.1. The Hall–Kier alpha value is -3.41. The molecule has 0 atom stereocenters. The van der Waals surface area contributed by atoms with Crippen molar-refractivity contribution in [2.45, 2.75) is 6.61 Å². The molecule has 0 aliphatic carbocycles. The fourth-order valence-electron chi connectivity index (χ4n) is 2.62. The normalized spacial score (nSPS) is 11.0. The van der Waals surface area contributed by atoms with Crippen LogP contribution in [-0.2, 0) is 6.61 Å². The van der Waals surface area contributed by atoms with E-state index in [1.165, 1.54) is 6.07 Å². The number of fused-ring (bicyclic) bond motifs is 2. The Morgan fingerprint density at radius 2 is 1.79 bits per heavy atom. The molecule has 0 saturated carbocycles. The van der Waals surface area contributed by atoms with Gasteiger partial charge in [-0.15, -0.1) is 0 Å². The van der Waals surface area contributed by atoms with Crippen LogP contribution in [0.25, 0.3) is 21.8 Å². The minimum Gasteiger partial charge on any atom is -0.483 e. The summed E-state index contributed by atoms with van der Waals surface area (Å²) in [5.41, 5.74) is 0.834. The van der Waals surface area contributed by atoms with Crippen molar-refractivity contribution in [2.24, 2.45) is 0 Å². The SMILES string of the molecule is O=c1ccc2cccc(OCc3nc4ccccc4c(=O)[nH]3)c2[nH]1. The van der Waals surface area contributed by atoms with Crippen LogP contribution in [0.1, 0.15) is 5.82 Å². The number of rotatable bonds is 3.